The fraction of sp³-hybridized carbons (Fsp3) is 0.348. The largest absolute Gasteiger partial charge is 0.492 e. The van der Waals surface area contributed by atoms with Gasteiger partial charge in [-0.05, 0) is 18.9 Å². The molecule has 134 valence electrons. The number of unbranched alkanes of at least 4 members (excludes halogenated alkanes) is 2. The zero-order valence-corrected chi connectivity index (χ0v) is 15.5. The first-order valence-electron chi connectivity index (χ1n) is 9.44. The Morgan fingerprint density at radius 2 is 1.35 bits per heavy atom. The van der Waals surface area contributed by atoms with Crippen LogP contribution in [0.2, 0.25) is 0 Å². The van der Waals surface area contributed by atoms with Crippen molar-refractivity contribution in [3.63, 3.8) is 0 Å². The molecule has 0 bridgehead atoms. The molecule has 0 radical (unpaired) electrons. The fourth-order valence-corrected chi connectivity index (χ4v) is 3.18. The molecule has 0 heterocycles. The van der Waals surface area contributed by atoms with Crippen LogP contribution in [0.4, 0.5) is 0 Å². The molecule has 0 amide bonds. The molecule has 3 heteroatoms. The van der Waals surface area contributed by atoms with Gasteiger partial charge in [0.1, 0.15) is 11.5 Å². The zero-order chi connectivity index (χ0) is 18.4. The van der Waals surface area contributed by atoms with Crippen LogP contribution in [-0.2, 0) is 0 Å². The smallest absolute Gasteiger partial charge is 0.136 e. The number of ether oxygens (including phenoxy) is 2. The Kier molecular flexibility index (Phi) is 5.96. The van der Waals surface area contributed by atoms with Gasteiger partial charge in [-0.25, -0.2) is 0 Å². The van der Waals surface area contributed by atoms with Gasteiger partial charge < -0.3 is 9.47 Å². The SMILES string of the molecule is CCCCOc1c2ccccc2c(OCCCC)c2c(C#N)cccc12. The van der Waals surface area contributed by atoms with Crippen molar-refractivity contribution in [2.45, 2.75) is 39.5 Å². The first-order chi connectivity index (χ1) is 12.8. The van der Waals surface area contributed by atoms with Crippen molar-refractivity contribution in [1.29, 1.82) is 5.26 Å². The molecule has 0 aliphatic carbocycles. The Bertz CT molecular complexity index is 940. The minimum atomic E-state index is 0.625. The van der Waals surface area contributed by atoms with Gasteiger partial charge in [-0.1, -0.05) is 63.1 Å². The van der Waals surface area contributed by atoms with Gasteiger partial charge in [-0.2, -0.15) is 5.26 Å². The van der Waals surface area contributed by atoms with Crippen LogP contribution in [0.15, 0.2) is 42.5 Å². The third-order valence-electron chi connectivity index (χ3n) is 4.56. The van der Waals surface area contributed by atoms with Crippen LogP contribution < -0.4 is 9.47 Å². The van der Waals surface area contributed by atoms with E-state index in [4.69, 9.17) is 9.47 Å². The van der Waals surface area contributed by atoms with Crippen LogP contribution in [0.1, 0.15) is 45.1 Å². The summed E-state index contributed by atoms with van der Waals surface area (Å²) in [6.07, 6.45) is 4.14. The van der Waals surface area contributed by atoms with Gasteiger partial charge in [0.25, 0.3) is 0 Å². The summed E-state index contributed by atoms with van der Waals surface area (Å²) in [6, 6.07) is 16.3. The van der Waals surface area contributed by atoms with E-state index in [0.29, 0.717) is 18.8 Å². The zero-order valence-electron chi connectivity index (χ0n) is 15.5. The molecule has 0 saturated heterocycles. The second-order valence-electron chi connectivity index (χ2n) is 6.45. The number of hydrogen-bond acceptors (Lipinski definition) is 3. The van der Waals surface area contributed by atoms with E-state index in [1.807, 2.05) is 30.3 Å². The average molecular weight is 347 g/mol. The molecule has 26 heavy (non-hydrogen) atoms. The first kappa shape index (κ1) is 18.1. The van der Waals surface area contributed by atoms with Crippen LogP contribution >= 0.6 is 0 Å². The summed E-state index contributed by atoms with van der Waals surface area (Å²) in [5.41, 5.74) is 0.625. The van der Waals surface area contributed by atoms with Crippen molar-refractivity contribution in [3.05, 3.63) is 48.0 Å². The number of hydrogen-bond donors (Lipinski definition) is 0. The Morgan fingerprint density at radius 1 is 0.769 bits per heavy atom. The van der Waals surface area contributed by atoms with Crippen molar-refractivity contribution >= 4 is 21.5 Å². The lowest BCUT2D eigenvalue weighted by atomic mass is 9.97. The van der Waals surface area contributed by atoms with Crippen molar-refractivity contribution in [3.8, 4) is 17.6 Å². The molecule has 0 saturated carbocycles. The van der Waals surface area contributed by atoms with Crippen LogP contribution in [0, 0.1) is 11.3 Å². The van der Waals surface area contributed by atoms with Gasteiger partial charge in [0, 0.05) is 21.5 Å². The third-order valence-corrected chi connectivity index (χ3v) is 4.56. The Morgan fingerprint density at radius 3 is 1.96 bits per heavy atom. The number of nitrogens with zero attached hydrogens (tertiary/aromatic N) is 1. The summed E-state index contributed by atoms with van der Waals surface area (Å²) in [5.74, 6) is 1.65. The highest BCUT2D eigenvalue weighted by molar-refractivity contribution is 6.12. The summed E-state index contributed by atoms with van der Waals surface area (Å²) >= 11 is 0. The molecule has 0 aliphatic rings. The monoisotopic (exact) mass is 347 g/mol. The van der Waals surface area contributed by atoms with E-state index < -0.39 is 0 Å². The van der Waals surface area contributed by atoms with Gasteiger partial charge in [0.05, 0.1) is 24.8 Å². The third kappa shape index (κ3) is 3.46. The summed E-state index contributed by atoms with van der Waals surface area (Å²) in [5, 5.41) is 13.5. The minimum absolute atomic E-state index is 0.625. The number of fused-ring (bicyclic) bond motifs is 2. The Labute approximate surface area is 155 Å². The maximum Gasteiger partial charge on any atom is 0.136 e. The van der Waals surface area contributed by atoms with E-state index in [9.17, 15) is 5.26 Å². The van der Waals surface area contributed by atoms with Crippen molar-refractivity contribution in [2.75, 3.05) is 13.2 Å². The molecule has 0 spiro atoms. The predicted molar refractivity (Wildman–Crippen MR) is 107 cm³/mol. The summed E-state index contributed by atoms with van der Waals surface area (Å²) in [4.78, 5) is 0. The molecule has 0 N–H and O–H groups in total. The highest BCUT2D eigenvalue weighted by Crippen LogP contribution is 2.44. The van der Waals surface area contributed by atoms with Crippen LogP contribution in [0.3, 0.4) is 0 Å². The van der Waals surface area contributed by atoms with E-state index >= 15 is 0 Å². The normalized spacial score (nSPS) is 10.8. The van der Waals surface area contributed by atoms with E-state index in [1.54, 1.807) is 0 Å². The Balaban J connectivity index is 2.28. The van der Waals surface area contributed by atoms with Gasteiger partial charge >= 0.3 is 0 Å². The van der Waals surface area contributed by atoms with Crippen molar-refractivity contribution in [1.82, 2.24) is 0 Å². The maximum absolute atomic E-state index is 9.66. The highest BCUT2D eigenvalue weighted by atomic mass is 16.5. The van der Waals surface area contributed by atoms with Gasteiger partial charge in [0.2, 0.25) is 0 Å². The minimum Gasteiger partial charge on any atom is -0.492 e. The van der Waals surface area contributed by atoms with E-state index in [-0.39, 0.29) is 0 Å². The van der Waals surface area contributed by atoms with Crippen molar-refractivity contribution < 1.29 is 9.47 Å². The number of nitriles is 1. The second-order valence-corrected chi connectivity index (χ2v) is 6.45. The number of rotatable bonds is 8. The highest BCUT2D eigenvalue weighted by Gasteiger charge is 2.18. The fourth-order valence-electron chi connectivity index (χ4n) is 3.18. The molecule has 0 aromatic heterocycles. The summed E-state index contributed by atoms with van der Waals surface area (Å²) in [6.45, 7) is 5.61. The molecular formula is C23H25NO2. The van der Waals surface area contributed by atoms with Gasteiger partial charge in [-0.15, -0.1) is 0 Å². The molecule has 3 rings (SSSR count). The average Bonchev–Trinajstić information content (AvgIpc) is 2.69. The molecular weight excluding hydrogens is 322 g/mol. The predicted octanol–water partition coefficient (Wildman–Crippen LogP) is 6.22. The summed E-state index contributed by atoms with van der Waals surface area (Å²) < 4.78 is 12.4. The van der Waals surface area contributed by atoms with Crippen LogP contribution in [0.5, 0.6) is 11.5 Å². The first-order valence-corrected chi connectivity index (χ1v) is 9.44. The molecule has 0 aliphatic heterocycles. The molecule has 3 aromatic rings. The lowest BCUT2D eigenvalue weighted by Gasteiger charge is -2.18. The molecule has 3 nitrogen and oxygen atoms in total. The van der Waals surface area contributed by atoms with Gasteiger partial charge in [0.15, 0.2) is 0 Å². The Hall–Kier alpha value is -2.73. The number of benzene rings is 3. The maximum atomic E-state index is 9.66. The topological polar surface area (TPSA) is 42.2 Å². The standard InChI is InChI=1S/C23H25NO2/c1-3-5-14-25-22-18-11-7-8-12-19(18)23(26-15-6-4-2)21-17(16-24)10-9-13-20(21)22/h7-13H,3-6,14-15H2,1-2H3. The van der Waals surface area contributed by atoms with Crippen molar-refractivity contribution in [2.24, 2.45) is 0 Å². The lowest BCUT2D eigenvalue weighted by molar-refractivity contribution is 0.311. The quantitative estimate of drug-likeness (QED) is 0.359. The lowest BCUT2D eigenvalue weighted by Crippen LogP contribution is -2.02. The van der Waals surface area contributed by atoms with Crippen LogP contribution in [0.25, 0.3) is 21.5 Å². The van der Waals surface area contributed by atoms with E-state index in [0.717, 1.165) is 58.7 Å². The second kappa shape index (κ2) is 8.58. The molecule has 0 unspecified atom stereocenters. The molecule has 0 atom stereocenters. The van der Waals surface area contributed by atoms with E-state index in [1.165, 1.54) is 0 Å². The summed E-state index contributed by atoms with van der Waals surface area (Å²) in [7, 11) is 0. The van der Waals surface area contributed by atoms with E-state index in [2.05, 4.69) is 32.0 Å². The molecule has 3 aromatic carbocycles. The van der Waals surface area contributed by atoms with Gasteiger partial charge in [-0.3, -0.25) is 0 Å². The molecule has 0 fully saturated rings. The van der Waals surface area contributed by atoms with Crippen LogP contribution in [-0.4, -0.2) is 13.2 Å².